The van der Waals surface area contributed by atoms with Crippen molar-refractivity contribution in [2.75, 3.05) is 0 Å². The van der Waals surface area contributed by atoms with Gasteiger partial charge in [-0.05, 0) is 44.9 Å². The highest BCUT2D eigenvalue weighted by Crippen LogP contribution is 2.63. The number of allylic oxidation sites excluding steroid dienone is 1. The van der Waals surface area contributed by atoms with Gasteiger partial charge in [-0.1, -0.05) is 12.2 Å². The number of hydrogen-bond donors (Lipinski definition) is 1. The quantitative estimate of drug-likeness (QED) is 0.410. The molecule has 0 aromatic heterocycles. The highest BCUT2D eigenvalue weighted by atomic mass is 16.7. The summed E-state index contributed by atoms with van der Waals surface area (Å²) < 4.78 is 11.1. The van der Waals surface area contributed by atoms with Crippen molar-refractivity contribution in [3.8, 4) is 0 Å². The minimum atomic E-state index is -1.54. The lowest BCUT2D eigenvalue weighted by Gasteiger charge is -2.24. The number of carbonyl (C=O) groups excluding carboxylic acids is 1. The molecule has 4 rings (SSSR count). The van der Waals surface area contributed by atoms with Gasteiger partial charge in [-0.3, -0.25) is 0 Å². The Bertz CT molecular complexity index is 548. The number of fused-ring (bicyclic) bond motifs is 5. The van der Waals surface area contributed by atoms with Crippen molar-refractivity contribution < 1.29 is 19.4 Å². The number of epoxide rings is 1. The summed E-state index contributed by atoms with van der Waals surface area (Å²) in [5.41, 5.74) is 2.08. The zero-order valence-electron chi connectivity index (χ0n) is 11.2. The minimum absolute atomic E-state index is 0.295. The van der Waals surface area contributed by atoms with E-state index in [1.807, 2.05) is 6.92 Å². The van der Waals surface area contributed by atoms with E-state index in [1.54, 1.807) is 6.92 Å². The van der Waals surface area contributed by atoms with Crippen LogP contribution < -0.4 is 0 Å². The largest absolute Gasteiger partial charge is 0.423 e. The van der Waals surface area contributed by atoms with Crippen LogP contribution in [0.1, 0.15) is 33.1 Å². The van der Waals surface area contributed by atoms with Gasteiger partial charge in [-0.25, -0.2) is 4.79 Å². The third kappa shape index (κ3) is 1.20. The maximum atomic E-state index is 11.8. The molecule has 4 nitrogen and oxygen atoms in total. The number of ether oxygens (including phenoxy) is 2. The van der Waals surface area contributed by atoms with Gasteiger partial charge >= 0.3 is 5.97 Å². The average Bonchev–Trinajstić information content (AvgIpc) is 2.85. The molecule has 0 radical (unpaired) electrons. The van der Waals surface area contributed by atoms with Crippen LogP contribution in [0.25, 0.3) is 0 Å². The lowest BCUT2D eigenvalue weighted by atomic mass is 9.82. The van der Waals surface area contributed by atoms with Crippen molar-refractivity contribution in [2.45, 2.75) is 50.6 Å². The summed E-state index contributed by atoms with van der Waals surface area (Å²) in [5, 5.41) is 10.8. The molecular weight excluding hydrogens is 244 g/mol. The van der Waals surface area contributed by atoms with Crippen LogP contribution in [0.5, 0.6) is 0 Å². The first-order chi connectivity index (χ1) is 8.88. The molecule has 0 aromatic rings. The van der Waals surface area contributed by atoms with Crippen LogP contribution in [0.2, 0.25) is 0 Å². The van der Waals surface area contributed by atoms with Crippen LogP contribution >= 0.6 is 0 Å². The van der Waals surface area contributed by atoms with E-state index < -0.39 is 17.9 Å². The zero-order valence-corrected chi connectivity index (χ0v) is 11.2. The number of rotatable bonds is 0. The second-order valence-corrected chi connectivity index (χ2v) is 6.49. The molecule has 0 unspecified atom stereocenters. The predicted molar refractivity (Wildman–Crippen MR) is 67.0 cm³/mol. The molecule has 1 saturated heterocycles. The Morgan fingerprint density at radius 1 is 1.47 bits per heavy atom. The standard InChI is InChI=1S/C15H18O4/c1-7-4-5-10-9(7)6-11-8(2)12(16)18-15(11,17)13-14(10,3)19-13/h9-10,13,17H,1,4-6H2,2-3H3/t9-,10+,13+,14+,15-/m1/s1. The van der Waals surface area contributed by atoms with E-state index in [4.69, 9.17) is 9.47 Å². The summed E-state index contributed by atoms with van der Waals surface area (Å²) >= 11 is 0. The Morgan fingerprint density at radius 2 is 2.21 bits per heavy atom. The molecule has 2 aliphatic heterocycles. The fraction of sp³-hybridized carbons (Fsp3) is 0.667. The van der Waals surface area contributed by atoms with E-state index in [1.165, 1.54) is 5.57 Å². The first-order valence-corrected chi connectivity index (χ1v) is 6.89. The maximum absolute atomic E-state index is 11.8. The molecule has 5 atom stereocenters. The van der Waals surface area contributed by atoms with Crippen molar-refractivity contribution in [3.63, 3.8) is 0 Å². The highest BCUT2D eigenvalue weighted by molar-refractivity contribution is 5.92. The van der Waals surface area contributed by atoms with Crippen molar-refractivity contribution in [2.24, 2.45) is 11.8 Å². The van der Waals surface area contributed by atoms with E-state index in [-0.39, 0.29) is 5.60 Å². The Labute approximate surface area is 112 Å². The Morgan fingerprint density at radius 3 is 2.95 bits per heavy atom. The van der Waals surface area contributed by atoms with Crippen molar-refractivity contribution in [1.29, 1.82) is 0 Å². The van der Waals surface area contributed by atoms with Crippen molar-refractivity contribution in [3.05, 3.63) is 23.3 Å². The predicted octanol–water partition coefficient (Wildman–Crippen LogP) is 1.69. The summed E-state index contributed by atoms with van der Waals surface area (Å²) in [6.45, 7) is 7.91. The van der Waals surface area contributed by atoms with Gasteiger partial charge in [-0.15, -0.1) is 0 Å². The molecule has 0 bridgehead atoms. The molecule has 0 spiro atoms. The molecule has 1 N–H and O–H groups in total. The maximum Gasteiger partial charge on any atom is 0.336 e. The highest BCUT2D eigenvalue weighted by Gasteiger charge is 2.74. The second-order valence-electron chi connectivity index (χ2n) is 6.49. The molecule has 0 amide bonds. The zero-order chi connectivity index (χ0) is 13.6. The minimum Gasteiger partial charge on any atom is -0.423 e. The topological polar surface area (TPSA) is 59.1 Å². The number of aliphatic hydroxyl groups is 1. The van der Waals surface area contributed by atoms with E-state index in [0.29, 0.717) is 29.4 Å². The van der Waals surface area contributed by atoms with Crippen LogP contribution in [0, 0.1) is 11.8 Å². The van der Waals surface area contributed by atoms with Crippen LogP contribution in [0.3, 0.4) is 0 Å². The molecule has 19 heavy (non-hydrogen) atoms. The summed E-state index contributed by atoms with van der Waals surface area (Å²) in [6.07, 6.45) is 2.32. The second kappa shape index (κ2) is 3.13. The number of carbonyl (C=O) groups is 1. The third-order valence-electron chi connectivity index (χ3n) is 5.58. The fourth-order valence-electron chi connectivity index (χ4n) is 4.36. The van der Waals surface area contributed by atoms with Gasteiger partial charge in [-0.2, -0.15) is 0 Å². The Balaban J connectivity index is 1.87. The van der Waals surface area contributed by atoms with E-state index in [9.17, 15) is 9.90 Å². The monoisotopic (exact) mass is 262 g/mol. The molecule has 2 heterocycles. The molecule has 4 aliphatic rings. The molecule has 4 heteroatoms. The van der Waals surface area contributed by atoms with Gasteiger partial charge in [0.05, 0.1) is 0 Å². The molecule has 102 valence electrons. The molecule has 3 fully saturated rings. The van der Waals surface area contributed by atoms with Gasteiger partial charge in [0.25, 0.3) is 5.79 Å². The Hall–Kier alpha value is -1.13. The van der Waals surface area contributed by atoms with E-state index in [0.717, 1.165) is 12.8 Å². The van der Waals surface area contributed by atoms with Crippen LogP contribution in [-0.2, 0) is 14.3 Å². The molecule has 0 aromatic carbocycles. The summed E-state index contributed by atoms with van der Waals surface area (Å²) in [7, 11) is 0. The van der Waals surface area contributed by atoms with Gasteiger partial charge < -0.3 is 14.6 Å². The summed E-state index contributed by atoms with van der Waals surface area (Å²) in [6, 6.07) is 0. The van der Waals surface area contributed by atoms with Crippen molar-refractivity contribution in [1.82, 2.24) is 0 Å². The summed E-state index contributed by atoms with van der Waals surface area (Å²) in [4.78, 5) is 11.8. The average molecular weight is 262 g/mol. The molecule has 2 saturated carbocycles. The molecule has 2 aliphatic carbocycles. The summed E-state index contributed by atoms with van der Waals surface area (Å²) in [5.74, 6) is -1.29. The first-order valence-electron chi connectivity index (χ1n) is 6.89. The van der Waals surface area contributed by atoms with Crippen LogP contribution in [0.4, 0.5) is 0 Å². The Kier molecular flexibility index (Phi) is 1.92. The smallest absolute Gasteiger partial charge is 0.336 e. The third-order valence-corrected chi connectivity index (χ3v) is 5.58. The SMILES string of the molecule is C=C1CC[C@H]2[C@@H]1CC1=C(C)C(=O)O[C@@]1(O)[C@H]1O[C@@]21C. The first kappa shape index (κ1) is 11.7. The normalized spacial score (nSPS) is 51.4. The van der Waals surface area contributed by atoms with Gasteiger partial charge in [0.2, 0.25) is 0 Å². The number of hydrogen-bond acceptors (Lipinski definition) is 4. The van der Waals surface area contributed by atoms with Gasteiger partial charge in [0, 0.05) is 11.1 Å². The van der Waals surface area contributed by atoms with Crippen molar-refractivity contribution >= 4 is 5.97 Å². The lowest BCUT2D eigenvalue weighted by Crippen LogP contribution is -2.41. The van der Waals surface area contributed by atoms with Crippen LogP contribution in [0.15, 0.2) is 23.3 Å². The van der Waals surface area contributed by atoms with Gasteiger partial charge in [0.15, 0.2) is 6.10 Å². The molecular formula is C15H18O4. The van der Waals surface area contributed by atoms with E-state index in [2.05, 4.69) is 6.58 Å². The lowest BCUT2D eigenvalue weighted by molar-refractivity contribution is -0.188. The fourth-order valence-corrected chi connectivity index (χ4v) is 4.36. The number of esters is 1. The van der Waals surface area contributed by atoms with Gasteiger partial charge in [0.1, 0.15) is 5.60 Å². The van der Waals surface area contributed by atoms with E-state index >= 15 is 0 Å². The van der Waals surface area contributed by atoms with Crippen LogP contribution in [-0.4, -0.2) is 28.6 Å².